The van der Waals surface area contributed by atoms with Gasteiger partial charge in [-0.15, -0.1) is 0 Å². The lowest BCUT2D eigenvalue weighted by Gasteiger charge is -2.12. The Bertz CT molecular complexity index is 1210. The number of nitrogens with one attached hydrogen (secondary N) is 2. The van der Waals surface area contributed by atoms with E-state index in [1.807, 2.05) is 6.20 Å². The highest BCUT2D eigenvalue weighted by Crippen LogP contribution is 2.37. The van der Waals surface area contributed by atoms with E-state index in [0.717, 1.165) is 39.7 Å². The van der Waals surface area contributed by atoms with Crippen LogP contribution in [0.25, 0.3) is 10.3 Å². The van der Waals surface area contributed by atoms with Crippen LogP contribution in [0.3, 0.4) is 0 Å². The fraction of sp³-hybridized carbons (Fsp3) is 0.217. The molecule has 0 radical (unpaired) electrons. The Morgan fingerprint density at radius 3 is 2.48 bits per heavy atom. The molecule has 0 spiro atoms. The van der Waals surface area contributed by atoms with Gasteiger partial charge >= 0.3 is 0 Å². The molecule has 0 aliphatic rings. The van der Waals surface area contributed by atoms with E-state index in [2.05, 4.69) is 70.8 Å². The molecule has 0 aliphatic heterocycles. The van der Waals surface area contributed by atoms with Crippen molar-refractivity contribution in [2.45, 2.75) is 19.9 Å². The Kier molecular flexibility index (Phi) is 6.36. The van der Waals surface area contributed by atoms with E-state index in [-0.39, 0.29) is 5.02 Å². The molecular formula is C23H23ClFN5S. The number of fused-ring (bicyclic) bond motifs is 1. The zero-order valence-corrected chi connectivity index (χ0v) is 19.1. The summed E-state index contributed by atoms with van der Waals surface area (Å²) in [4.78, 5) is 11.3. The van der Waals surface area contributed by atoms with Gasteiger partial charge in [-0.25, -0.2) is 9.37 Å². The number of rotatable bonds is 7. The van der Waals surface area contributed by atoms with Crippen LogP contribution in [0.5, 0.6) is 0 Å². The lowest BCUT2D eigenvalue weighted by Crippen LogP contribution is -2.10. The number of pyridine rings is 1. The van der Waals surface area contributed by atoms with E-state index in [0.29, 0.717) is 11.3 Å². The minimum Gasteiger partial charge on any atom is -0.354 e. The van der Waals surface area contributed by atoms with Gasteiger partial charge in [0.15, 0.2) is 10.8 Å². The Morgan fingerprint density at radius 2 is 1.81 bits per heavy atom. The van der Waals surface area contributed by atoms with Crippen molar-refractivity contribution in [3.8, 4) is 0 Å². The summed E-state index contributed by atoms with van der Waals surface area (Å²) in [7, 11) is 4.10. The number of aromatic nitrogens is 2. The van der Waals surface area contributed by atoms with Gasteiger partial charge in [-0.3, -0.25) is 0 Å². The number of benzene rings is 2. The summed E-state index contributed by atoms with van der Waals surface area (Å²) < 4.78 is 14.5. The van der Waals surface area contributed by atoms with E-state index in [1.54, 1.807) is 12.1 Å². The highest BCUT2D eigenvalue weighted by Gasteiger charge is 2.14. The maximum Gasteiger partial charge on any atom is 0.189 e. The third-order valence-corrected chi connectivity index (χ3v) is 6.04. The first-order chi connectivity index (χ1) is 14.9. The van der Waals surface area contributed by atoms with Crippen LogP contribution < -0.4 is 10.6 Å². The lowest BCUT2D eigenvalue weighted by atomic mass is 10.1. The molecule has 2 aromatic carbocycles. The molecular weight excluding hydrogens is 433 g/mol. The number of thiazole rings is 1. The number of aryl methyl sites for hydroxylation is 1. The molecule has 0 bridgehead atoms. The Balaban J connectivity index is 1.63. The maximum atomic E-state index is 13.5. The number of anilines is 4. The van der Waals surface area contributed by atoms with Crippen LogP contribution in [-0.2, 0) is 13.0 Å². The van der Waals surface area contributed by atoms with Crippen molar-refractivity contribution in [3.05, 3.63) is 70.6 Å². The maximum absolute atomic E-state index is 13.5. The van der Waals surface area contributed by atoms with E-state index < -0.39 is 5.82 Å². The zero-order valence-electron chi connectivity index (χ0n) is 17.5. The van der Waals surface area contributed by atoms with Crippen molar-refractivity contribution in [3.63, 3.8) is 0 Å². The number of hydrogen-bond donors (Lipinski definition) is 2. The van der Waals surface area contributed by atoms with Gasteiger partial charge in [-0.2, -0.15) is 4.98 Å². The third kappa shape index (κ3) is 4.95. The van der Waals surface area contributed by atoms with Crippen molar-refractivity contribution >= 4 is 55.5 Å². The minimum absolute atomic E-state index is 0.0812. The van der Waals surface area contributed by atoms with Crippen LogP contribution in [0.15, 0.2) is 48.7 Å². The smallest absolute Gasteiger partial charge is 0.189 e. The predicted molar refractivity (Wildman–Crippen MR) is 129 cm³/mol. The molecule has 0 amide bonds. The quantitative estimate of drug-likeness (QED) is 0.329. The summed E-state index contributed by atoms with van der Waals surface area (Å²) in [6, 6.07) is 12.9. The van der Waals surface area contributed by atoms with Crippen LogP contribution in [0.2, 0.25) is 5.02 Å². The largest absolute Gasteiger partial charge is 0.354 e. The molecule has 0 aliphatic carbocycles. The molecule has 2 aromatic heterocycles. The normalized spacial score (nSPS) is 11.3. The molecule has 4 aromatic rings. The molecule has 8 heteroatoms. The average Bonchev–Trinajstić information content (AvgIpc) is 3.15. The standard InChI is InChI=1S/C23H23ClFN5S/c1-4-15-12-26-22-21(20(15)27-17-9-10-19(25)18(24)11-17)31-23(29-22)28-16-7-5-14(6-8-16)13-30(2)3/h5-12H,4,13H2,1-3H3,(H2,26,27,28,29). The van der Waals surface area contributed by atoms with Crippen molar-refractivity contribution in [2.24, 2.45) is 0 Å². The van der Waals surface area contributed by atoms with Gasteiger partial charge in [0.05, 0.1) is 15.4 Å². The van der Waals surface area contributed by atoms with Crippen LogP contribution in [0.1, 0.15) is 18.1 Å². The monoisotopic (exact) mass is 455 g/mol. The Morgan fingerprint density at radius 1 is 1.06 bits per heavy atom. The Labute approximate surface area is 189 Å². The van der Waals surface area contributed by atoms with E-state index in [4.69, 9.17) is 11.6 Å². The molecule has 5 nitrogen and oxygen atoms in total. The summed E-state index contributed by atoms with van der Waals surface area (Å²) >= 11 is 7.48. The van der Waals surface area contributed by atoms with Gasteiger partial charge in [-0.1, -0.05) is 42.0 Å². The molecule has 0 saturated heterocycles. The van der Waals surface area contributed by atoms with Gasteiger partial charge in [-0.05, 0) is 62.0 Å². The second-order valence-corrected chi connectivity index (χ2v) is 8.90. The molecule has 0 fully saturated rings. The fourth-order valence-corrected chi connectivity index (χ4v) is 4.42. The predicted octanol–water partition coefficient (Wildman–Crippen LogP) is 6.60. The third-order valence-electron chi connectivity index (χ3n) is 4.77. The highest BCUT2D eigenvalue weighted by molar-refractivity contribution is 7.22. The van der Waals surface area contributed by atoms with Crippen molar-refractivity contribution in [2.75, 3.05) is 24.7 Å². The number of halogens is 2. The summed E-state index contributed by atoms with van der Waals surface area (Å²) in [6.45, 7) is 2.97. The SMILES string of the molecule is CCc1cnc2nc(Nc3ccc(CN(C)C)cc3)sc2c1Nc1ccc(F)c(Cl)c1. The first-order valence-electron chi connectivity index (χ1n) is 9.94. The summed E-state index contributed by atoms with van der Waals surface area (Å²) in [5.41, 5.74) is 5.56. The van der Waals surface area contributed by atoms with Crippen molar-refractivity contribution in [1.82, 2.24) is 14.9 Å². The Hall–Kier alpha value is -2.74. The first kappa shape index (κ1) is 21.5. The second kappa shape index (κ2) is 9.18. The molecule has 31 heavy (non-hydrogen) atoms. The second-order valence-electron chi connectivity index (χ2n) is 7.50. The van der Waals surface area contributed by atoms with Crippen LogP contribution >= 0.6 is 22.9 Å². The van der Waals surface area contributed by atoms with Gasteiger partial charge in [0, 0.05) is 24.1 Å². The molecule has 160 valence electrons. The van der Waals surface area contributed by atoms with Crippen LogP contribution in [-0.4, -0.2) is 29.0 Å². The fourth-order valence-electron chi connectivity index (χ4n) is 3.27. The number of hydrogen-bond acceptors (Lipinski definition) is 6. The first-order valence-corrected chi connectivity index (χ1v) is 11.1. The van der Waals surface area contributed by atoms with Crippen molar-refractivity contribution in [1.29, 1.82) is 0 Å². The summed E-state index contributed by atoms with van der Waals surface area (Å²) in [5, 5.41) is 7.60. The van der Waals surface area contributed by atoms with Gasteiger partial charge < -0.3 is 15.5 Å². The van der Waals surface area contributed by atoms with Crippen LogP contribution in [0, 0.1) is 5.82 Å². The molecule has 2 heterocycles. The molecule has 4 rings (SSSR count). The average molecular weight is 456 g/mol. The topological polar surface area (TPSA) is 53.1 Å². The number of nitrogens with zero attached hydrogens (tertiary/aromatic N) is 3. The van der Waals surface area contributed by atoms with Gasteiger partial charge in [0.2, 0.25) is 0 Å². The minimum atomic E-state index is -0.441. The van der Waals surface area contributed by atoms with Crippen molar-refractivity contribution < 1.29 is 4.39 Å². The summed E-state index contributed by atoms with van der Waals surface area (Å²) in [6.07, 6.45) is 2.63. The highest BCUT2D eigenvalue weighted by atomic mass is 35.5. The van der Waals surface area contributed by atoms with Gasteiger partial charge in [0.1, 0.15) is 5.82 Å². The van der Waals surface area contributed by atoms with E-state index >= 15 is 0 Å². The van der Waals surface area contributed by atoms with E-state index in [9.17, 15) is 4.39 Å². The molecule has 2 N–H and O–H groups in total. The van der Waals surface area contributed by atoms with Crippen LogP contribution in [0.4, 0.5) is 26.6 Å². The molecule has 0 atom stereocenters. The van der Waals surface area contributed by atoms with Gasteiger partial charge in [0.25, 0.3) is 0 Å². The lowest BCUT2D eigenvalue weighted by molar-refractivity contribution is 0.402. The zero-order chi connectivity index (χ0) is 22.0. The molecule has 0 unspecified atom stereocenters. The van der Waals surface area contributed by atoms with E-state index in [1.165, 1.54) is 23.0 Å². The molecule has 0 saturated carbocycles. The summed E-state index contributed by atoms with van der Waals surface area (Å²) in [5.74, 6) is -0.441.